The van der Waals surface area contributed by atoms with Crippen LogP contribution in [0.4, 0.5) is 0 Å². The van der Waals surface area contributed by atoms with Crippen LogP contribution in [0, 0.1) is 5.92 Å². The first-order valence-electron chi connectivity index (χ1n) is 6.15. The third kappa shape index (κ3) is 2.90. The minimum absolute atomic E-state index is 0.238. The summed E-state index contributed by atoms with van der Waals surface area (Å²) in [6.45, 7) is 0. The van der Waals surface area contributed by atoms with Crippen molar-refractivity contribution in [2.24, 2.45) is 11.7 Å². The fourth-order valence-electron chi connectivity index (χ4n) is 2.86. The molecule has 2 aliphatic rings. The fourth-order valence-corrected chi connectivity index (χ4v) is 4.06. The molecule has 0 radical (unpaired) electrons. The summed E-state index contributed by atoms with van der Waals surface area (Å²) in [7, 11) is 0. The van der Waals surface area contributed by atoms with Crippen LogP contribution in [0.1, 0.15) is 51.4 Å². The molecule has 1 saturated heterocycles. The summed E-state index contributed by atoms with van der Waals surface area (Å²) in [5.41, 5.74) is 6.61. The van der Waals surface area contributed by atoms with Crippen LogP contribution in [0.3, 0.4) is 0 Å². The van der Waals surface area contributed by atoms with E-state index < -0.39 is 0 Å². The highest BCUT2D eigenvalue weighted by molar-refractivity contribution is 7.99. The molecular formula is C12H23NS. The van der Waals surface area contributed by atoms with Crippen molar-refractivity contribution in [1.82, 2.24) is 0 Å². The molecule has 1 unspecified atom stereocenters. The molecule has 2 fully saturated rings. The average Bonchev–Trinajstić information content (AvgIpc) is 2.65. The van der Waals surface area contributed by atoms with E-state index in [1.165, 1.54) is 62.9 Å². The SMILES string of the molecule is NC1(CCC2CCCSC2)CCCC1. The molecule has 1 saturated carbocycles. The lowest BCUT2D eigenvalue weighted by atomic mass is 9.87. The van der Waals surface area contributed by atoms with Crippen LogP contribution in [0.15, 0.2) is 0 Å². The summed E-state index contributed by atoms with van der Waals surface area (Å²) in [5, 5.41) is 0. The van der Waals surface area contributed by atoms with E-state index in [1.807, 2.05) is 0 Å². The zero-order valence-corrected chi connectivity index (χ0v) is 9.95. The molecule has 0 amide bonds. The summed E-state index contributed by atoms with van der Waals surface area (Å²) < 4.78 is 0. The van der Waals surface area contributed by atoms with Gasteiger partial charge in [0, 0.05) is 5.54 Å². The Hall–Kier alpha value is 0.310. The van der Waals surface area contributed by atoms with Crippen molar-refractivity contribution in [2.75, 3.05) is 11.5 Å². The van der Waals surface area contributed by atoms with Crippen LogP contribution >= 0.6 is 11.8 Å². The van der Waals surface area contributed by atoms with Crippen LogP contribution in [-0.4, -0.2) is 17.0 Å². The third-order valence-corrected chi connectivity index (χ3v) is 5.19. The van der Waals surface area contributed by atoms with Gasteiger partial charge in [-0.15, -0.1) is 0 Å². The van der Waals surface area contributed by atoms with Crippen LogP contribution in [-0.2, 0) is 0 Å². The first-order chi connectivity index (χ1) is 6.79. The van der Waals surface area contributed by atoms with Gasteiger partial charge in [0.05, 0.1) is 0 Å². The molecule has 0 bridgehead atoms. The van der Waals surface area contributed by atoms with Crippen molar-refractivity contribution in [3.05, 3.63) is 0 Å². The molecule has 2 N–H and O–H groups in total. The summed E-state index contributed by atoms with van der Waals surface area (Å²) in [6, 6.07) is 0. The largest absolute Gasteiger partial charge is 0.325 e. The Morgan fingerprint density at radius 3 is 2.64 bits per heavy atom. The molecule has 0 aromatic heterocycles. The van der Waals surface area contributed by atoms with E-state index in [4.69, 9.17) is 5.73 Å². The molecule has 1 nitrogen and oxygen atoms in total. The molecule has 0 spiro atoms. The van der Waals surface area contributed by atoms with Gasteiger partial charge in [-0.05, 0) is 55.9 Å². The molecule has 2 heteroatoms. The molecule has 1 heterocycles. The molecule has 1 atom stereocenters. The maximum absolute atomic E-state index is 6.37. The van der Waals surface area contributed by atoms with E-state index in [9.17, 15) is 0 Å². The van der Waals surface area contributed by atoms with Gasteiger partial charge in [0.1, 0.15) is 0 Å². The fraction of sp³-hybridized carbons (Fsp3) is 1.00. The number of thioether (sulfide) groups is 1. The number of nitrogens with two attached hydrogens (primary N) is 1. The van der Waals surface area contributed by atoms with Crippen LogP contribution in [0.2, 0.25) is 0 Å². The van der Waals surface area contributed by atoms with Gasteiger partial charge in [-0.25, -0.2) is 0 Å². The quantitative estimate of drug-likeness (QED) is 0.779. The van der Waals surface area contributed by atoms with E-state index in [2.05, 4.69) is 11.8 Å². The second kappa shape index (κ2) is 4.89. The van der Waals surface area contributed by atoms with Crippen molar-refractivity contribution in [1.29, 1.82) is 0 Å². The zero-order valence-electron chi connectivity index (χ0n) is 9.13. The molecule has 82 valence electrons. The molecule has 14 heavy (non-hydrogen) atoms. The van der Waals surface area contributed by atoms with Crippen LogP contribution in [0.25, 0.3) is 0 Å². The summed E-state index contributed by atoms with van der Waals surface area (Å²) in [5.74, 6) is 3.77. The minimum atomic E-state index is 0.238. The first-order valence-corrected chi connectivity index (χ1v) is 7.31. The lowest BCUT2D eigenvalue weighted by molar-refractivity contribution is 0.347. The van der Waals surface area contributed by atoms with E-state index in [1.54, 1.807) is 0 Å². The first kappa shape index (κ1) is 10.8. The second-order valence-electron chi connectivity index (χ2n) is 5.19. The van der Waals surface area contributed by atoms with E-state index >= 15 is 0 Å². The Labute approximate surface area is 92.2 Å². The van der Waals surface area contributed by atoms with Crippen molar-refractivity contribution in [3.63, 3.8) is 0 Å². The minimum Gasteiger partial charge on any atom is -0.325 e. The Balaban J connectivity index is 1.70. The Morgan fingerprint density at radius 1 is 1.21 bits per heavy atom. The zero-order chi connectivity index (χ0) is 9.86. The number of rotatable bonds is 3. The lowest BCUT2D eigenvalue weighted by Crippen LogP contribution is -2.36. The summed E-state index contributed by atoms with van der Waals surface area (Å²) in [6.07, 6.45) is 10.9. The highest BCUT2D eigenvalue weighted by Gasteiger charge is 2.29. The van der Waals surface area contributed by atoms with Gasteiger partial charge in [-0.1, -0.05) is 12.8 Å². The van der Waals surface area contributed by atoms with Gasteiger partial charge >= 0.3 is 0 Å². The van der Waals surface area contributed by atoms with Gasteiger partial charge in [-0.3, -0.25) is 0 Å². The number of hydrogen-bond acceptors (Lipinski definition) is 2. The molecule has 0 aromatic carbocycles. The number of hydrogen-bond donors (Lipinski definition) is 1. The molecule has 1 aliphatic heterocycles. The van der Waals surface area contributed by atoms with Crippen LogP contribution in [0.5, 0.6) is 0 Å². The molecule has 2 rings (SSSR count). The Morgan fingerprint density at radius 2 is 2.00 bits per heavy atom. The van der Waals surface area contributed by atoms with Crippen molar-refractivity contribution in [3.8, 4) is 0 Å². The van der Waals surface area contributed by atoms with Crippen molar-refractivity contribution in [2.45, 2.75) is 56.9 Å². The molecular weight excluding hydrogens is 190 g/mol. The Kier molecular flexibility index (Phi) is 3.78. The van der Waals surface area contributed by atoms with E-state index in [-0.39, 0.29) is 5.54 Å². The lowest BCUT2D eigenvalue weighted by Gasteiger charge is -2.28. The topological polar surface area (TPSA) is 26.0 Å². The van der Waals surface area contributed by atoms with Gasteiger partial charge in [-0.2, -0.15) is 11.8 Å². The molecule has 1 aliphatic carbocycles. The average molecular weight is 213 g/mol. The van der Waals surface area contributed by atoms with Crippen molar-refractivity contribution < 1.29 is 0 Å². The Bertz CT molecular complexity index is 169. The molecule has 0 aromatic rings. The third-order valence-electron chi connectivity index (χ3n) is 3.90. The highest BCUT2D eigenvalue weighted by atomic mass is 32.2. The van der Waals surface area contributed by atoms with Crippen LogP contribution < -0.4 is 5.73 Å². The van der Waals surface area contributed by atoms with Crippen molar-refractivity contribution >= 4 is 11.8 Å². The second-order valence-corrected chi connectivity index (χ2v) is 6.34. The van der Waals surface area contributed by atoms with E-state index in [0.717, 1.165) is 5.92 Å². The standard InChI is InChI=1S/C12H23NS/c13-12(6-1-2-7-12)8-5-11-4-3-9-14-10-11/h11H,1-10,13H2. The maximum atomic E-state index is 6.37. The predicted octanol–water partition coefficient (Wildman–Crippen LogP) is 3.18. The summed E-state index contributed by atoms with van der Waals surface area (Å²) in [4.78, 5) is 0. The van der Waals surface area contributed by atoms with Gasteiger partial charge in [0.2, 0.25) is 0 Å². The van der Waals surface area contributed by atoms with Gasteiger partial charge < -0.3 is 5.73 Å². The highest BCUT2D eigenvalue weighted by Crippen LogP contribution is 2.34. The maximum Gasteiger partial charge on any atom is 0.0154 e. The van der Waals surface area contributed by atoms with E-state index in [0.29, 0.717) is 0 Å². The normalized spacial score (nSPS) is 31.9. The smallest absolute Gasteiger partial charge is 0.0154 e. The predicted molar refractivity (Wildman–Crippen MR) is 64.7 cm³/mol. The van der Waals surface area contributed by atoms with Gasteiger partial charge in [0.15, 0.2) is 0 Å². The van der Waals surface area contributed by atoms with Gasteiger partial charge in [0.25, 0.3) is 0 Å². The summed E-state index contributed by atoms with van der Waals surface area (Å²) >= 11 is 2.14. The monoisotopic (exact) mass is 213 g/mol.